The predicted octanol–water partition coefficient (Wildman–Crippen LogP) is -2.19. The monoisotopic (exact) mass is 704 g/mol. The molecule has 274 valence electrons. The Balaban J connectivity index is 4.21. The molecule has 2 unspecified atom stereocenters. The first-order valence-electron chi connectivity index (χ1n) is 15.8. The van der Waals surface area contributed by atoms with Crippen molar-refractivity contribution >= 4 is 32.2 Å². The molecule has 16 nitrogen and oxygen atoms in total. The Morgan fingerprint density at radius 2 is 1.09 bits per heavy atom. The quantitative estimate of drug-likeness (QED) is 0.0341. The summed E-state index contributed by atoms with van der Waals surface area (Å²) in [6.45, 7) is 10.8. The molecule has 0 saturated carbocycles. The number of nitrogens with zero attached hydrogens (tertiary/aromatic N) is 3. The minimum atomic E-state index is -4.23. The Kier molecular flexibility index (Phi) is 21.5. The Bertz CT molecular complexity index is 1010. The number of ether oxygens (including phenoxy) is 2. The molecule has 0 aromatic heterocycles. The van der Waals surface area contributed by atoms with Crippen molar-refractivity contribution < 1.29 is 54.0 Å². The summed E-state index contributed by atoms with van der Waals surface area (Å²) in [7, 11) is -0.910. The molecule has 0 heterocycles. The molecule has 0 saturated heterocycles. The summed E-state index contributed by atoms with van der Waals surface area (Å²) in [5.74, 6) is -2.14. The second-order valence-corrected chi connectivity index (χ2v) is 16.2. The van der Waals surface area contributed by atoms with Crippen LogP contribution in [0.2, 0.25) is 0 Å². The zero-order valence-corrected chi connectivity index (χ0v) is 30.3. The molecule has 0 spiro atoms. The summed E-state index contributed by atoms with van der Waals surface area (Å²) in [6.07, 6.45) is 0.508. The zero-order valence-electron chi connectivity index (χ0n) is 28.7. The number of quaternary nitrogens is 2. The maximum absolute atomic E-state index is 12.4. The molecule has 0 aliphatic carbocycles. The second kappa shape index (κ2) is 22.2. The molecule has 0 fully saturated rings. The topological polar surface area (TPSA) is 220 Å². The van der Waals surface area contributed by atoms with Crippen LogP contribution in [0, 0.1) is 11.8 Å². The van der Waals surface area contributed by atoms with Crippen molar-refractivity contribution in [3.63, 3.8) is 0 Å². The molecule has 0 amide bonds. The van der Waals surface area contributed by atoms with Crippen LogP contribution in [0.25, 0.3) is 0 Å². The standard InChI is InChI=1S/C28H60N6O10S2/c1-25(27(35)43-19-17-33(3,4)15-7-21-45(37,38)39)23-30-10-13-32(12-9-29)14-11-31-24-26(2)28(36)44-20-18-34(5,6)16-8-22-46(40,41)42/h25-26,30-31H,7-24,29H2,1-6H3. The van der Waals surface area contributed by atoms with Gasteiger partial charge in [0.2, 0.25) is 0 Å². The van der Waals surface area contributed by atoms with Gasteiger partial charge in [-0.05, 0) is 0 Å². The summed E-state index contributed by atoms with van der Waals surface area (Å²) in [5, 5.41) is 6.56. The lowest BCUT2D eigenvalue weighted by atomic mass is 10.2. The van der Waals surface area contributed by atoms with Gasteiger partial charge in [-0.2, -0.15) is 0 Å². The third-order valence-electron chi connectivity index (χ3n) is 7.56. The number of likely N-dealkylation sites (N-methyl/N-ethyl adjacent to an activating group) is 2. The molecular formula is C28H60N6O10S2. The van der Waals surface area contributed by atoms with Gasteiger partial charge in [-0.15, -0.1) is 0 Å². The van der Waals surface area contributed by atoms with Gasteiger partial charge in [-0.1, -0.05) is 13.8 Å². The summed E-state index contributed by atoms with van der Waals surface area (Å²) in [5.41, 5.74) is 5.77. The van der Waals surface area contributed by atoms with Gasteiger partial charge in [0.15, 0.2) is 0 Å². The highest BCUT2D eigenvalue weighted by atomic mass is 32.2. The summed E-state index contributed by atoms with van der Waals surface area (Å²) in [6, 6.07) is 0. The zero-order chi connectivity index (χ0) is 35.4. The molecule has 18 heteroatoms. The molecule has 0 rings (SSSR count). The first kappa shape index (κ1) is 44.5. The van der Waals surface area contributed by atoms with Crippen LogP contribution in [0.5, 0.6) is 0 Å². The van der Waals surface area contributed by atoms with E-state index in [9.17, 15) is 35.5 Å². The normalized spacial score (nSPS) is 14.3. The summed E-state index contributed by atoms with van der Waals surface area (Å²) < 4.78 is 76.3. The number of esters is 2. The van der Waals surface area contributed by atoms with Crippen LogP contribution in [-0.2, 0) is 39.3 Å². The van der Waals surface area contributed by atoms with Crippen LogP contribution in [0.3, 0.4) is 0 Å². The van der Waals surface area contributed by atoms with E-state index in [1.807, 2.05) is 28.2 Å². The van der Waals surface area contributed by atoms with Gasteiger partial charge < -0.3 is 43.9 Å². The molecule has 0 aromatic carbocycles. The number of hydrogen-bond donors (Lipinski definition) is 3. The van der Waals surface area contributed by atoms with Crippen LogP contribution >= 0.6 is 0 Å². The van der Waals surface area contributed by atoms with Crippen LogP contribution in [-0.4, -0.2) is 183 Å². The third kappa shape index (κ3) is 25.6. The summed E-state index contributed by atoms with van der Waals surface area (Å²) in [4.78, 5) is 26.9. The highest BCUT2D eigenvalue weighted by Crippen LogP contribution is 2.05. The Morgan fingerprint density at radius 3 is 1.41 bits per heavy atom. The van der Waals surface area contributed by atoms with Crippen molar-refractivity contribution in [1.82, 2.24) is 15.5 Å². The van der Waals surface area contributed by atoms with Gasteiger partial charge in [-0.25, -0.2) is 16.8 Å². The van der Waals surface area contributed by atoms with Crippen molar-refractivity contribution in [2.75, 3.05) is 131 Å². The van der Waals surface area contributed by atoms with Crippen molar-refractivity contribution in [2.45, 2.75) is 26.7 Å². The smallest absolute Gasteiger partial charge is 0.310 e. The number of carbonyl (C=O) groups excluding carboxylic acids is 2. The molecule has 4 N–H and O–H groups in total. The number of hydrogen-bond acceptors (Lipinski definition) is 14. The van der Waals surface area contributed by atoms with Gasteiger partial charge in [0.05, 0.1) is 73.4 Å². The van der Waals surface area contributed by atoms with Crippen molar-refractivity contribution in [3.05, 3.63) is 0 Å². The van der Waals surface area contributed by atoms with E-state index in [0.717, 1.165) is 13.1 Å². The van der Waals surface area contributed by atoms with E-state index >= 15 is 0 Å². The number of nitrogens with two attached hydrogens (primary N) is 1. The minimum absolute atomic E-state index is 0.200. The number of nitrogens with one attached hydrogen (secondary N) is 2. The lowest BCUT2D eigenvalue weighted by Gasteiger charge is -2.29. The largest absolute Gasteiger partial charge is 0.748 e. The van der Waals surface area contributed by atoms with E-state index < -0.39 is 31.7 Å². The molecule has 46 heavy (non-hydrogen) atoms. The highest BCUT2D eigenvalue weighted by Gasteiger charge is 2.20. The average Bonchev–Trinajstić information content (AvgIpc) is 2.90. The van der Waals surface area contributed by atoms with Gasteiger partial charge >= 0.3 is 11.9 Å². The van der Waals surface area contributed by atoms with Crippen molar-refractivity contribution in [1.29, 1.82) is 0 Å². The lowest BCUT2D eigenvalue weighted by Crippen LogP contribution is -2.44. The summed E-state index contributed by atoms with van der Waals surface area (Å²) >= 11 is 0. The lowest BCUT2D eigenvalue weighted by molar-refractivity contribution is -0.890. The van der Waals surface area contributed by atoms with E-state index in [0.29, 0.717) is 74.4 Å². The highest BCUT2D eigenvalue weighted by molar-refractivity contribution is 7.85. The van der Waals surface area contributed by atoms with E-state index in [-0.39, 0.29) is 49.8 Å². The molecule has 0 radical (unpaired) electrons. The molecule has 2 atom stereocenters. The Hall–Kier alpha value is -1.48. The molecule has 0 aromatic rings. The van der Waals surface area contributed by atoms with E-state index in [4.69, 9.17) is 15.2 Å². The first-order chi connectivity index (χ1) is 21.2. The Morgan fingerprint density at radius 1 is 0.717 bits per heavy atom. The predicted molar refractivity (Wildman–Crippen MR) is 174 cm³/mol. The molecule has 0 bridgehead atoms. The van der Waals surface area contributed by atoms with Crippen LogP contribution < -0.4 is 16.4 Å². The van der Waals surface area contributed by atoms with E-state index in [1.165, 1.54) is 0 Å². The van der Waals surface area contributed by atoms with Gasteiger partial charge in [0.1, 0.15) is 26.3 Å². The van der Waals surface area contributed by atoms with Crippen LogP contribution in [0.4, 0.5) is 0 Å². The van der Waals surface area contributed by atoms with E-state index in [1.54, 1.807) is 13.8 Å². The van der Waals surface area contributed by atoms with Gasteiger partial charge in [-0.3, -0.25) is 14.5 Å². The fourth-order valence-corrected chi connectivity index (χ4v) is 5.39. The molecule has 0 aliphatic rings. The molecule has 0 aliphatic heterocycles. The Labute approximate surface area is 277 Å². The van der Waals surface area contributed by atoms with Crippen LogP contribution in [0.1, 0.15) is 26.7 Å². The van der Waals surface area contributed by atoms with E-state index in [2.05, 4.69) is 15.5 Å². The third-order valence-corrected chi connectivity index (χ3v) is 9.14. The van der Waals surface area contributed by atoms with Crippen molar-refractivity contribution in [2.24, 2.45) is 17.6 Å². The SMILES string of the molecule is CC(CNCCN(CCN)CCNCC(C)C(=O)OCC[N+](C)(C)CCCS(=O)(=O)[O-])C(=O)OCC[N+](C)(C)CCCS(=O)(=O)[O-]. The van der Waals surface area contributed by atoms with Crippen LogP contribution in [0.15, 0.2) is 0 Å². The fourth-order valence-electron chi connectivity index (χ4n) is 4.43. The number of carbonyl (C=O) groups is 2. The fraction of sp³-hybridized carbons (Fsp3) is 0.929. The molecular weight excluding hydrogens is 644 g/mol. The maximum Gasteiger partial charge on any atom is 0.310 e. The van der Waals surface area contributed by atoms with Crippen molar-refractivity contribution in [3.8, 4) is 0 Å². The first-order valence-corrected chi connectivity index (χ1v) is 19.0. The second-order valence-electron chi connectivity index (χ2n) is 13.2. The van der Waals surface area contributed by atoms with Gasteiger partial charge in [0.25, 0.3) is 0 Å². The maximum atomic E-state index is 12.4. The average molecular weight is 705 g/mol. The van der Waals surface area contributed by atoms with Gasteiger partial charge in [0, 0.05) is 76.7 Å². The number of rotatable bonds is 28. The minimum Gasteiger partial charge on any atom is -0.748 e.